The first-order valence-electron chi connectivity index (χ1n) is 5.65. The summed E-state index contributed by atoms with van der Waals surface area (Å²) in [6, 6.07) is 0. The van der Waals surface area contributed by atoms with Gasteiger partial charge in [0.1, 0.15) is 5.66 Å². The van der Waals surface area contributed by atoms with E-state index in [0.29, 0.717) is 25.2 Å². The first kappa shape index (κ1) is 13.6. The normalized spacial score (nSPS) is 22.1. The standard InChI is InChI=1S/C11H19O4P/c1-4-14-16(13,15-5-2)10-8-6-7-9(3)11(10)12/h7,10H,4-6,8H2,1-3H3. The van der Waals surface area contributed by atoms with Crippen LogP contribution >= 0.6 is 7.60 Å². The summed E-state index contributed by atoms with van der Waals surface area (Å²) in [6.45, 7) is 5.84. The van der Waals surface area contributed by atoms with Crippen molar-refractivity contribution in [2.45, 2.75) is 39.3 Å². The van der Waals surface area contributed by atoms with Gasteiger partial charge in [0.25, 0.3) is 0 Å². The Morgan fingerprint density at radius 2 is 1.94 bits per heavy atom. The Hall–Kier alpha value is -0.440. The molecule has 0 fully saturated rings. The summed E-state index contributed by atoms with van der Waals surface area (Å²) in [6.07, 6.45) is 3.18. The Morgan fingerprint density at radius 1 is 1.38 bits per heavy atom. The third-order valence-corrected chi connectivity index (χ3v) is 5.07. The third-order valence-electron chi connectivity index (χ3n) is 2.58. The first-order chi connectivity index (χ1) is 7.55. The minimum absolute atomic E-state index is 0.100. The molecule has 0 spiro atoms. The molecule has 16 heavy (non-hydrogen) atoms. The molecule has 0 radical (unpaired) electrons. The number of carbonyl (C=O) groups excluding carboxylic acids is 1. The molecule has 0 bridgehead atoms. The number of hydrogen-bond acceptors (Lipinski definition) is 4. The maximum Gasteiger partial charge on any atom is 0.341 e. The molecular formula is C11H19O4P. The van der Waals surface area contributed by atoms with E-state index in [9.17, 15) is 9.36 Å². The molecule has 0 amide bonds. The van der Waals surface area contributed by atoms with E-state index in [1.807, 2.05) is 6.08 Å². The molecule has 0 saturated carbocycles. The van der Waals surface area contributed by atoms with E-state index in [1.54, 1.807) is 20.8 Å². The van der Waals surface area contributed by atoms with Crippen LogP contribution in [0.3, 0.4) is 0 Å². The van der Waals surface area contributed by atoms with E-state index < -0.39 is 13.3 Å². The molecule has 1 unspecified atom stereocenters. The zero-order valence-corrected chi connectivity index (χ0v) is 11.0. The summed E-state index contributed by atoms with van der Waals surface area (Å²) in [5, 5.41) is 0. The summed E-state index contributed by atoms with van der Waals surface area (Å²) in [4.78, 5) is 11.9. The second kappa shape index (κ2) is 5.76. The summed E-state index contributed by atoms with van der Waals surface area (Å²) in [5.41, 5.74) is 0.0493. The maximum atomic E-state index is 12.4. The molecule has 0 aromatic carbocycles. The van der Waals surface area contributed by atoms with Gasteiger partial charge in [0.05, 0.1) is 13.2 Å². The van der Waals surface area contributed by atoms with Crippen molar-refractivity contribution in [1.29, 1.82) is 0 Å². The number of hydrogen-bond donors (Lipinski definition) is 0. The Bertz CT molecular complexity index is 325. The molecule has 0 aliphatic heterocycles. The Labute approximate surface area is 96.5 Å². The van der Waals surface area contributed by atoms with E-state index in [-0.39, 0.29) is 5.78 Å². The number of allylic oxidation sites excluding steroid dienone is 2. The van der Waals surface area contributed by atoms with Crippen LogP contribution in [0.5, 0.6) is 0 Å². The van der Waals surface area contributed by atoms with E-state index in [4.69, 9.17) is 9.05 Å². The molecule has 5 heteroatoms. The molecule has 1 aliphatic rings. The molecule has 4 nitrogen and oxygen atoms in total. The van der Waals surface area contributed by atoms with E-state index in [0.717, 1.165) is 6.42 Å². The van der Waals surface area contributed by atoms with E-state index in [2.05, 4.69) is 0 Å². The minimum atomic E-state index is -3.28. The second-order valence-electron chi connectivity index (χ2n) is 3.72. The Balaban J connectivity index is 2.91. The van der Waals surface area contributed by atoms with Gasteiger partial charge >= 0.3 is 7.60 Å². The largest absolute Gasteiger partial charge is 0.341 e. The molecule has 0 aromatic heterocycles. The van der Waals surface area contributed by atoms with Gasteiger partial charge < -0.3 is 9.05 Å². The zero-order valence-electron chi connectivity index (χ0n) is 10.1. The molecule has 0 heterocycles. The first-order valence-corrected chi connectivity index (χ1v) is 7.26. The van der Waals surface area contributed by atoms with Gasteiger partial charge in [-0.1, -0.05) is 6.08 Å². The summed E-state index contributed by atoms with van der Waals surface area (Å²) >= 11 is 0. The molecule has 1 atom stereocenters. The van der Waals surface area contributed by atoms with E-state index >= 15 is 0 Å². The van der Waals surface area contributed by atoms with Crippen molar-refractivity contribution >= 4 is 13.4 Å². The van der Waals surface area contributed by atoms with Crippen LogP contribution in [-0.4, -0.2) is 24.7 Å². The van der Waals surface area contributed by atoms with Crippen molar-refractivity contribution < 1.29 is 18.4 Å². The molecule has 1 rings (SSSR count). The predicted molar refractivity (Wildman–Crippen MR) is 62.6 cm³/mol. The smallest absolute Gasteiger partial charge is 0.308 e. The van der Waals surface area contributed by atoms with Crippen LogP contribution in [0.15, 0.2) is 11.6 Å². The minimum Gasteiger partial charge on any atom is -0.308 e. The van der Waals surface area contributed by atoms with Gasteiger partial charge in [-0.3, -0.25) is 9.36 Å². The summed E-state index contributed by atoms with van der Waals surface area (Å²) in [7, 11) is -3.28. The van der Waals surface area contributed by atoms with Gasteiger partial charge in [0, 0.05) is 0 Å². The fourth-order valence-electron chi connectivity index (χ4n) is 1.83. The highest BCUT2D eigenvalue weighted by Gasteiger charge is 2.41. The van der Waals surface area contributed by atoms with Crippen molar-refractivity contribution in [1.82, 2.24) is 0 Å². The number of Topliss-reactive ketones (excluding diaryl/α,β-unsaturated/α-hetero) is 1. The Kier molecular flexibility index (Phi) is 4.90. The van der Waals surface area contributed by atoms with Gasteiger partial charge in [-0.25, -0.2) is 0 Å². The highest BCUT2D eigenvalue weighted by molar-refractivity contribution is 7.55. The van der Waals surface area contributed by atoms with Gasteiger partial charge in [0.2, 0.25) is 0 Å². The lowest BCUT2D eigenvalue weighted by atomic mass is 9.99. The lowest BCUT2D eigenvalue weighted by Gasteiger charge is -2.27. The second-order valence-corrected chi connectivity index (χ2v) is 5.94. The number of carbonyl (C=O) groups is 1. The van der Waals surface area contributed by atoms with E-state index in [1.165, 1.54) is 0 Å². The van der Waals surface area contributed by atoms with Crippen LogP contribution in [0.1, 0.15) is 33.6 Å². The number of ketones is 1. The van der Waals surface area contributed by atoms with Gasteiger partial charge in [0.15, 0.2) is 5.78 Å². The average molecular weight is 246 g/mol. The predicted octanol–water partition coefficient (Wildman–Crippen LogP) is 2.93. The SMILES string of the molecule is CCOP(=O)(OCC)C1CCC=C(C)C1=O. The van der Waals surface area contributed by atoms with Crippen molar-refractivity contribution in [3.05, 3.63) is 11.6 Å². The highest BCUT2D eigenvalue weighted by Crippen LogP contribution is 2.56. The van der Waals surface area contributed by atoms with Gasteiger partial charge in [-0.05, 0) is 39.2 Å². The highest BCUT2D eigenvalue weighted by atomic mass is 31.2. The molecular weight excluding hydrogens is 227 g/mol. The molecule has 0 N–H and O–H groups in total. The molecule has 0 aromatic rings. The zero-order chi connectivity index (χ0) is 12.2. The number of rotatable bonds is 5. The molecule has 92 valence electrons. The van der Waals surface area contributed by atoms with Crippen molar-refractivity contribution in [3.63, 3.8) is 0 Å². The van der Waals surface area contributed by atoms with Crippen molar-refractivity contribution in [2.75, 3.05) is 13.2 Å². The van der Waals surface area contributed by atoms with Crippen molar-refractivity contribution in [2.24, 2.45) is 0 Å². The van der Waals surface area contributed by atoms with Crippen LogP contribution in [0.2, 0.25) is 0 Å². The van der Waals surface area contributed by atoms with Crippen LogP contribution in [0, 0.1) is 0 Å². The van der Waals surface area contributed by atoms with Crippen molar-refractivity contribution in [3.8, 4) is 0 Å². The van der Waals surface area contributed by atoms with Crippen LogP contribution < -0.4 is 0 Å². The topological polar surface area (TPSA) is 52.6 Å². The molecule has 0 saturated heterocycles. The van der Waals surface area contributed by atoms with Gasteiger partial charge in [-0.2, -0.15) is 0 Å². The van der Waals surface area contributed by atoms with Crippen LogP contribution in [0.4, 0.5) is 0 Å². The Morgan fingerprint density at radius 3 is 2.44 bits per heavy atom. The summed E-state index contributed by atoms with van der Waals surface area (Å²) in [5.74, 6) is -0.100. The summed E-state index contributed by atoms with van der Waals surface area (Å²) < 4.78 is 22.9. The fourth-order valence-corrected chi connectivity index (χ4v) is 3.94. The third kappa shape index (κ3) is 2.82. The average Bonchev–Trinajstić information content (AvgIpc) is 2.22. The van der Waals surface area contributed by atoms with Crippen LogP contribution in [0.25, 0.3) is 0 Å². The molecule has 1 aliphatic carbocycles. The van der Waals surface area contributed by atoms with Crippen LogP contribution in [-0.2, 0) is 18.4 Å². The lowest BCUT2D eigenvalue weighted by molar-refractivity contribution is -0.116. The monoisotopic (exact) mass is 246 g/mol. The quantitative estimate of drug-likeness (QED) is 0.700. The fraction of sp³-hybridized carbons (Fsp3) is 0.727. The maximum absolute atomic E-state index is 12.4. The van der Waals surface area contributed by atoms with Gasteiger partial charge in [-0.15, -0.1) is 0 Å². The lowest BCUT2D eigenvalue weighted by Crippen LogP contribution is -2.27.